The number of ketones is 1. The third-order valence-electron chi connectivity index (χ3n) is 8.15. The minimum atomic E-state index is -4.58. The number of nitrogens with zero attached hydrogens (tertiary/aromatic N) is 3. The van der Waals surface area contributed by atoms with Gasteiger partial charge in [-0.2, -0.15) is 13.2 Å². The average Bonchev–Trinajstić information content (AvgIpc) is 3.02. The number of aryl methyl sites for hydroxylation is 1. The lowest BCUT2D eigenvalue weighted by Crippen LogP contribution is -2.43. The molecule has 1 unspecified atom stereocenters. The largest absolute Gasteiger partial charge is 0.480 e. The number of amides is 2. The Bertz CT molecular complexity index is 1890. The first-order chi connectivity index (χ1) is 22.2. The van der Waals surface area contributed by atoms with Crippen molar-refractivity contribution in [3.63, 3.8) is 0 Å². The van der Waals surface area contributed by atoms with Crippen LogP contribution in [0.15, 0.2) is 61.1 Å². The van der Waals surface area contributed by atoms with E-state index in [1.165, 1.54) is 62.6 Å². The Labute approximate surface area is 265 Å². The van der Waals surface area contributed by atoms with E-state index in [1.54, 1.807) is 18.2 Å². The first-order valence-corrected chi connectivity index (χ1v) is 14.5. The summed E-state index contributed by atoms with van der Waals surface area (Å²) in [6, 6.07) is 6.26. The Kier molecular flexibility index (Phi) is 8.96. The standard InChI is InChI=1S/C33H29F4N5O5/c1-4-25(33(35,36)37)40-18-12-16(2)26(22(34)14-18)30(44)41-23(32(46)47)13-17-7-8-21(28-19(17)6-5-10-39-28)27-29(43)20-9-11-38-15-24(20)42(3)31(27)45/h5-12,14-15,23,25,27,40H,4,13H2,1-3H3,(H,41,44)(H,46,47)/t23-,25+,27?/m0/s1. The topological polar surface area (TPSA) is 142 Å². The number of pyridine rings is 2. The maximum atomic E-state index is 15.1. The van der Waals surface area contributed by atoms with Crippen LogP contribution in [0.3, 0.4) is 0 Å². The molecule has 4 aromatic rings. The van der Waals surface area contributed by atoms with E-state index in [-0.39, 0.29) is 29.6 Å². The highest BCUT2D eigenvalue weighted by Gasteiger charge is 2.41. The molecule has 3 atom stereocenters. The van der Waals surface area contributed by atoms with Crippen LogP contribution in [0.1, 0.15) is 56.7 Å². The number of benzene rings is 2. The Morgan fingerprint density at radius 3 is 2.51 bits per heavy atom. The number of anilines is 2. The van der Waals surface area contributed by atoms with Crippen molar-refractivity contribution in [1.29, 1.82) is 0 Å². The Morgan fingerprint density at radius 2 is 1.85 bits per heavy atom. The second kappa shape index (κ2) is 12.8. The van der Waals surface area contributed by atoms with Gasteiger partial charge in [0.1, 0.15) is 23.8 Å². The maximum Gasteiger partial charge on any atom is 0.408 e. The van der Waals surface area contributed by atoms with E-state index in [0.29, 0.717) is 27.8 Å². The number of nitrogens with one attached hydrogen (secondary N) is 2. The summed E-state index contributed by atoms with van der Waals surface area (Å²) in [7, 11) is 1.53. The number of aromatic nitrogens is 2. The van der Waals surface area contributed by atoms with E-state index in [1.807, 2.05) is 0 Å². The minimum absolute atomic E-state index is 0.00527. The number of hydrogen-bond acceptors (Lipinski definition) is 7. The number of rotatable bonds is 9. The third-order valence-corrected chi connectivity index (χ3v) is 8.15. The highest BCUT2D eigenvalue weighted by molar-refractivity contribution is 6.25. The van der Waals surface area contributed by atoms with Crippen LogP contribution in [0.25, 0.3) is 10.9 Å². The van der Waals surface area contributed by atoms with Gasteiger partial charge < -0.3 is 20.6 Å². The van der Waals surface area contributed by atoms with Crippen LogP contribution in [0.5, 0.6) is 0 Å². The van der Waals surface area contributed by atoms with Crippen molar-refractivity contribution in [1.82, 2.24) is 15.3 Å². The van der Waals surface area contributed by atoms with Crippen molar-refractivity contribution in [3.05, 3.63) is 94.7 Å². The molecule has 244 valence electrons. The van der Waals surface area contributed by atoms with Gasteiger partial charge in [-0.25, -0.2) is 9.18 Å². The zero-order valence-corrected chi connectivity index (χ0v) is 25.4. The van der Waals surface area contributed by atoms with Crippen LogP contribution in [-0.2, 0) is 16.0 Å². The Balaban J connectivity index is 1.43. The molecule has 5 rings (SSSR count). The quantitative estimate of drug-likeness (QED) is 0.166. The van der Waals surface area contributed by atoms with Crippen LogP contribution in [-0.4, -0.2) is 63.9 Å². The number of likely N-dealkylation sites (N-methyl/N-ethyl adjacent to an activating group) is 1. The maximum absolute atomic E-state index is 15.1. The monoisotopic (exact) mass is 651 g/mol. The number of carboxylic acids is 1. The van der Waals surface area contributed by atoms with E-state index in [2.05, 4.69) is 20.6 Å². The lowest BCUT2D eigenvalue weighted by molar-refractivity contribution is -0.143. The summed E-state index contributed by atoms with van der Waals surface area (Å²) >= 11 is 0. The summed E-state index contributed by atoms with van der Waals surface area (Å²) in [6.45, 7) is 2.64. The van der Waals surface area contributed by atoms with Gasteiger partial charge in [0.25, 0.3) is 5.91 Å². The van der Waals surface area contributed by atoms with Gasteiger partial charge in [-0.3, -0.25) is 24.4 Å². The van der Waals surface area contributed by atoms with Crippen molar-refractivity contribution in [2.75, 3.05) is 17.3 Å². The predicted octanol–water partition coefficient (Wildman–Crippen LogP) is 5.20. The predicted molar refractivity (Wildman–Crippen MR) is 164 cm³/mol. The molecule has 1 aliphatic heterocycles. The van der Waals surface area contributed by atoms with Gasteiger partial charge >= 0.3 is 12.1 Å². The van der Waals surface area contributed by atoms with Gasteiger partial charge in [0, 0.05) is 42.5 Å². The number of carbonyl (C=O) groups excluding carboxylic acids is 3. The molecule has 2 aromatic carbocycles. The lowest BCUT2D eigenvalue weighted by Gasteiger charge is -2.30. The molecule has 0 spiro atoms. The molecule has 0 aliphatic carbocycles. The number of alkyl halides is 3. The molecule has 0 saturated carbocycles. The summed E-state index contributed by atoms with van der Waals surface area (Å²) in [4.78, 5) is 62.1. The van der Waals surface area contributed by atoms with E-state index in [4.69, 9.17) is 0 Å². The zero-order chi connectivity index (χ0) is 34.2. The summed E-state index contributed by atoms with van der Waals surface area (Å²) in [6.07, 6.45) is -0.834. The molecule has 14 heteroatoms. The van der Waals surface area contributed by atoms with Gasteiger partial charge in [-0.05, 0) is 54.3 Å². The fourth-order valence-corrected chi connectivity index (χ4v) is 5.76. The van der Waals surface area contributed by atoms with E-state index >= 15 is 4.39 Å². The lowest BCUT2D eigenvalue weighted by atomic mass is 9.83. The first-order valence-electron chi connectivity index (χ1n) is 14.5. The SMILES string of the molecule is CC[C@@H](Nc1cc(C)c(C(=O)N[C@@H](Cc2ccc(C3C(=O)c4ccncc4N(C)C3=O)c3ncccc23)C(=O)O)c(F)c1)C(F)(F)F. The molecule has 47 heavy (non-hydrogen) atoms. The molecule has 10 nitrogen and oxygen atoms in total. The highest BCUT2D eigenvalue weighted by atomic mass is 19.4. The van der Waals surface area contributed by atoms with Gasteiger partial charge in [0.2, 0.25) is 5.91 Å². The van der Waals surface area contributed by atoms with Crippen LogP contribution in [0.4, 0.5) is 28.9 Å². The fraction of sp³-hybridized carbons (Fsp3) is 0.273. The third kappa shape index (κ3) is 6.35. The van der Waals surface area contributed by atoms with Crippen LogP contribution in [0, 0.1) is 12.7 Å². The molecule has 2 amide bonds. The number of fused-ring (bicyclic) bond motifs is 2. The molecule has 3 heterocycles. The number of carbonyl (C=O) groups is 4. The number of halogens is 4. The van der Waals surface area contributed by atoms with Crippen molar-refractivity contribution in [2.45, 2.75) is 50.9 Å². The number of aliphatic carboxylic acids is 1. The van der Waals surface area contributed by atoms with Crippen molar-refractivity contribution >= 4 is 45.8 Å². The van der Waals surface area contributed by atoms with E-state index < -0.39 is 59.1 Å². The molecule has 0 radical (unpaired) electrons. The first kappa shape index (κ1) is 33.0. The smallest absolute Gasteiger partial charge is 0.408 e. The normalized spacial score (nSPS) is 16.1. The van der Waals surface area contributed by atoms with Gasteiger partial charge in [0.05, 0.1) is 23.0 Å². The Morgan fingerprint density at radius 1 is 1.11 bits per heavy atom. The van der Waals surface area contributed by atoms with Crippen LogP contribution >= 0.6 is 0 Å². The van der Waals surface area contributed by atoms with Gasteiger partial charge in [0.15, 0.2) is 5.78 Å². The zero-order valence-electron chi connectivity index (χ0n) is 25.4. The average molecular weight is 652 g/mol. The second-order valence-corrected chi connectivity index (χ2v) is 11.2. The molecule has 2 aromatic heterocycles. The summed E-state index contributed by atoms with van der Waals surface area (Å²) in [5.74, 6) is -5.79. The Hall–Kier alpha value is -5.40. The molecular weight excluding hydrogens is 622 g/mol. The highest BCUT2D eigenvalue weighted by Crippen LogP contribution is 2.37. The molecule has 0 bridgehead atoms. The molecule has 1 aliphatic rings. The molecule has 0 saturated heterocycles. The summed E-state index contributed by atoms with van der Waals surface area (Å²) in [5, 5.41) is 15.0. The number of carboxylic acid groups (broad SMARTS) is 1. The number of hydrogen-bond donors (Lipinski definition) is 3. The van der Waals surface area contributed by atoms with Crippen molar-refractivity contribution in [3.8, 4) is 0 Å². The fourth-order valence-electron chi connectivity index (χ4n) is 5.76. The second-order valence-electron chi connectivity index (χ2n) is 11.2. The molecular formula is C33H29F4N5O5. The molecule has 3 N–H and O–H groups in total. The summed E-state index contributed by atoms with van der Waals surface area (Å²) in [5.41, 5.74) is 0.983. The van der Waals surface area contributed by atoms with Crippen LogP contribution < -0.4 is 15.5 Å². The van der Waals surface area contributed by atoms with E-state index in [9.17, 15) is 37.5 Å². The van der Waals surface area contributed by atoms with Crippen molar-refractivity contribution in [2.24, 2.45) is 0 Å². The minimum Gasteiger partial charge on any atom is -0.480 e. The van der Waals surface area contributed by atoms with Gasteiger partial charge in [-0.1, -0.05) is 25.1 Å². The van der Waals surface area contributed by atoms with Gasteiger partial charge in [-0.15, -0.1) is 0 Å². The summed E-state index contributed by atoms with van der Waals surface area (Å²) < 4.78 is 54.8. The van der Waals surface area contributed by atoms with Crippen molar-refractivity contribution < 1.29 is 41.8 Å². The number of Topliss-reactive ketones (excluding diaryl/α,β-unsaturated/α-hetero) is 1. The van der Waals surface area contributed by atoms with E-state index in [0.717, 1.165) is 6.07 Å². The molecule has 0 fully saturated rings. The van der Waals surface area contributed by atoms with Crippen LogP contribution in [0.2, 0.25) is 0 Å².